The van der Waals surface area contributed by atoms with Crippen molar-refractivity contribution in [1.82, 2.24) is 4.90 Å². The number of aryl methyl sites for hydroxylation is 1. The molecule has 0 saturated carbocycles. The number of amides is 2. The lowest BCUT2D eigenvalue weighted by Crippen LogP contribution is -2.32. The molecule has 4 heteroatoms. The number of rotatable bonds is 3. The van der Waals surface area contributed by atoms with Crippen LogP contribution in [-0.2, 0) is 0 Å². The summed E-state index contributed by atoms with van der Waals surface area (Å²) in [7, 11) is 0. The fraction of sp³-hybridized carbons (Fsp3) is 0.333. The van der Waals surface area contributed by atoms with E-state index in [0.717, 1.165) is 37.2 Å². The Morgan fingerprint density at radius 3 is 2.28 bits per heavy atom. The Morgan fingerprint density at radius 1 is 0.880 bits per heavy atom. The molecule has 0 radical (unpaired) electrons. The standard InChI is InChI=1S/C21H24N2O2/c1-16-8-6-11-19(14-16)22-20(24)17-9-7-10-18(15-17)21(25)23-12-4-2-3-5-13-23/h6-11,14-15H,2-5,12-13H2,1H3,(H,22,24). The van der Waals surface area contributed by atoms with Crippen LogP contribution >= 0.6 is 0 Å². The first-order chi connectivity index (χ1) is 12.1. The highest BCUT2D eigenvalue weighted by molar-refractivity contribution is 6.06. The summed E-state index contributed by atoms with van der Waals surface area (Å²) < 4.78 is 0. The lowest BCUT2D eigenvalue weighted by atomic mass is 10.1. The second kappa shape index (κ2) is 7.97. The molecule has 4 nitrogen and oxygen atoms in total. The Labute approximate surface area is 148 Å². The maximum Gasteiger partial charge on any atom is 0.255 e. The van der Waals surface area contributed by atoms with Gasteiger partial charge in [-0.1, -0.05) is 31.0 Å². The van der Waals surface area contributed by atoms with E-state index < -0.39 is 0 Å². The predicted molar refractivity (Wildman–Crippen MR) is 99.9 cm³/mol. The molecule has 25 heavy (non-hydrogen) atoms. The van der Waals surface area contributed by atoms with Gasteiger partial charge in [-0.05, 0) is 55.7 Å². The van der Waals surface area contributed by atoms with Crippen molar-refractivity contribution < 1.29 is 9.59 Å². The highest BCUT2D eigenvalue weighted by Crippen LogP contribution is 2.16. The molecule has 0 bridgehead atoms. The number of carbonyl (C=O) groups is 2. The lowest BCUT2D eigenvalue weighted by molar-refractivity contribution is 0.0761. The molecule has 2 aromatic rings. The molecule has 1 N–H and O–H groups in total. The third kappa shape index (κ3) is 4.47. The normalized spacial score (nSPS) is 14.7. The lowest BCUT2D eigenvalue weighted by Gasteiger charge is -2.20. The van der Waals surface area contributed by atoms with Crippen molar-refractivity contribution in [2.75, 3.05) is 18.4 Å². The van der Waals surface area contributed by atoms with Gasteiger partial charge in [-0.25, -0.2) is 0 Å². The van der Waals surface area contributed by atoms with E-state index in [-0.39, 0.29) is 11.8 Å². The van der Waals surface area contributed by atoms with E-state index in [1.54, 1.807) is 24.3 Å². The van der Waals surface area contributed by atoms with Gasteiger partial charge in [0.15, 0.2) is 0 Å². The number of nitrogens with zero attached hydrogens (tertiary/aromatic N) is 1. The quantitative estimate of drug-likeness (QED) is 0.910. The predicted octanol–water partition coefficient (Wildman–Crippen LogP) is 4.26. The Balaban J connectivity index is 1.74. The van der Waals surface area contributed by atoms with Gasteiger partial charge in [-0.3, -0.25) is 9.59 Å². The zero-order valence-electron chi connectivity index (χ0n) is 14.6. The van der Waals surface area contributed by atoms with Crippen molar-refractivity contribution in [1.29, 1.82) is 0 Å². The summed E-state index contributed by atoms with van der Waals surface area (Å²) in [5.41, 5.74) is 2.93. The van der Waals surface area contributed by atoms with Crippen LogP contribution in [0.5, 0.6) is 0 Å². The third-order valence-electron chi connectivity index (χ3n) is 4.54. The summed E-state index contributed by atoms with van der Waals surface area (Å²) >= 11 is 0. The van der Waals surface area contributed by atoms with E-state index in [1.165, 1.54) is 12.8 Å². The van der Waals surface area contributed by atoms with E-state index in [1.807, 2.05) is 36.1 Å². The number of likely N-dealkylation sites (tertiary alicyclic amines) is 1. The van der Waals surface area contributed by atoms with Crippen molar-refractivity contribution in [2.45, 2.75) is 32.6 Å². The third-order valence-corrected chi connectivity index (χ3v) is 4.54. The first-order valence-corrected chi connectivity index (χ1v) is 8.91. The molecule has 1 aliphatic heterocycles. The summed E-state index contributed by atoms with van der Waals surface area (Å²) in [5.74, 6) is -0.178. The second-order valence-corrected chi connectivity index (χ2v) is 6.61. The van der Waals surface area contributed by atoms with Crippen molar-refractivity contribution in [3.05, 3.63) is 65.2 Å². The van der Waals surface area contributed by atoms with Gasteiger partial charge in [-0.15, -0.1) is 0 Å². The van der Waals surface area contributed by atoms with Crippen molar-refractivity contribution >= 4 is 17.5 Å². The maximum atomic E-state index is 12.7. The van der Waals surface area contributed by atoms with Crippen molar-refractivity contribution in [3.8, 4) is 0 Å². The van der Waals surface area contributed by atoms with Crippen LogP contribution in [0.3, 0.4) is 0 Å². The molecule has 2 amide bonds. The fourth-order valence-corrected chi connectivity index (χ4v) is 3.18. The molecule has 1 saturated heterocycles. The van der Waals surface area contributed by atoms with Crippen LogP contribution in [0.1, 0.15) is 52.0 Å². The van der Waals surface area contributed by atoms with Gasteiger partial charge in [0, 0.05) is 29.9 Å². The number of hydrogen-bond donors (Lipinski definition) is 1. The molecule has 2 aromatic carbocycles. The molecule has 0 atom stereocenters. The average Bonchev–Trinajstić information content (AvgIpc) is 2.90. The number of nitrogens with one attached hydrogen (secondary N) is 1. The molecule has 1 fully saturated rings. The number of carbonyl (C=O) groups excluding carboxylic acids is 2. The van der Waals surface area contributed by atoms with Crippen LogP contribution in [0.4, 0.5) is 5.69 Å². The second-order valence-electron chi connectivity index (χ2n) is 6.61. The zero-order valence-corrected chi connectivity index (χ0v) is 14.6. The van der Waals surface area contributed by atoms with Gasteiger partial charge < -0.3 is 10.2 Å². The molecule has 0 spiro atoms. The smallest absolute Gasteiger partial charge is 0.255 e. The molecule has 0 aromatic heterocycles. The molecular formula is C21H24N2O2. The Kier molecular flexibility index (Phi) is 5.49. The summed E-state index contributed by atoms with van der Waals surface area (Å²) in [6.07, 6.45) is 4.48. The van der Waals surface area contributed by atoms with Gasteiger partial charge in [0.2, 0.25) is 0 Å². The van der Waals surface area contributed by atoms with Crippen LogP contribution in [0.25, 0.3) is 0 Å². The van der Waals surface area contributed by atoms with Crippen LogP contribution in [0, 0.1) is 6.92 Å². The molecule has 0 unspecified atom stereocenters. The zero-order chi connectivity index (χ0) is 17.6. The van der Waals surface area contributed by atoms with Crippen LogP contribution in [0.2, 0.25) is 0 Å². The molecule has 130 valence electrons. The maximum absolute atomic E-state index is 12.7. The monoisotopic (exact) mass is 336 g/mol. The topological polar surface area (TPSA) is 49.4 Å². The van der Waals surface area contributed by atoms with Gasteiger partial charge >= 0.3 is 0 Å². The SMILES string of the molecule is Cc1cccc(NC(=O)c2cccc(C(=O)N3CCCCCC3)c2)c1. The summed E-state index contributed by atoms with van der Waals surface area (Å²) in [6, 6.07) is 14.7. The van der Waals surface area contributed by atoms with Crippen molar-refractivity contribution in [2.24, 2.45) is 0 Å². The first kappa shape index (κ1) is 17.2. The van der Waals surface area contributed by atoms with E-state index in [2.05, 4.69) is 5.32 Å². The highest BCUT2D eigenvalue weighted by Gasteiger charge is 2.18. The van der Waals surface area contributed by atoms with Crippen LogP contribution in [0.15, 0.2) is 48.5 Å². The summed E-state index contributed by atoms with van der Waals surface area (Å²) in [5, 5.41) is 2.89. The Morgan fingerprint density at radius 2 is 1.56 bits per heavy atom. The van der Waals surface area contributed by atoms with Gasteiger partial charge in [-0.2, -0.15) is 0 Å². The van der Waals surface area contributed by atoms with Gasteiger partial charge in [0.25, 0.3) is 11.8 Å². The minimum atomic E-state index is -0.198. The van der Waals surface area contributed by atoms with Gasteiger partial charge in [0.05, 0.1) is 0 Å². The fourth-order valence-electron chi connectivity index (χ4n) is 3.18. The minimum Gasteiger partial charge on any atom is -0.339 e. The highest BCUT2D eigenvalue weighted by atomic mass is 16.2. The number of hydrogen-bond acceptors (Lipinski definition) is 2. The van der Waals surface area contributed by atoms with Gasteiger partial charge in [0.1, 0.15) is 0 Å². The summed E-state index contributed by atoms with van der Waals surface area (Å²) in [4.78, 5) is 27.1. The largest absolute Gasteiger partial charge is 0.339 e. The summed E-state index contributed by atoms with van der Waals surface area (Å²) in [6.45, 7) is 3.59. The Hall–Kier alpha value is -2.62. The van der Waals surface area contributed by atoms with E-state index >= 15 is 0 Å². The molecule has 0 aliphatic carbocycles. The molecular weight excluding hydrogens is 312 g/mol. The first-order valence-electron chi connectivity index (χ1n) is 8.91. The minimum absolute atomic E-state index is 0.0205. The van der Waals surface area contributed by atoms with E-state index in [0.29, 0.717) is 11.1 Å². The van der Waals surface area contributed by atoms with Crippen LogP contribution in [-0.4, -0.2) is 29.8 Å². The Bertz CT molecular complexity index is 762. The number of benzene rings is 2. The van der Waals surface area contributed by atoms with E-state index in [4.69, 9.17) is 0 Å². The van der Waals surface area contributed by atoms with E-state index in [9.17, 15) is 9.59 Å². The number of anilines is 1. The average molecular weight is 336 g/mol. The molecule has 1 heterocycles. The molecule has 3 rings (SSSR count). The van der Waals surface area contributed by atoms with Crippen molar-refractivity contribution in [3.63, 3.8) is 0 Å². The van der Waals surface area contributed by atoms with Crippen LogP contribution < -0.4 is 5.32 Å². The molecule has 1 aliphatic rings.